The van der Waals surface area contributed by atoms with E-state index < -0.39 is 15.8 Å². The minimum atomic E-state index is -3.49. The van der Waals surface area contributed by atoms with E-state index in [1.807, 2.05) is 42.5 Å². The number of para-hydroxylation sites is 1. The average molecular weight is 675 g/mol. The molecule has 0 aliphatic carbocycles. The summed E-state index contributed by atoms with van der Waals surface area (Å²) in [6.07, 6.45) is 4.60. The van der Waals surface area contributed by atoms with Gasteiger partial charge in [0.25, 0.3) is 5.91 Å². The first-order chi connectivity index (χ1) is 22.2. The Morgan fingerprint density at radius 3 is 2.54 bits per heavy atom. The molecule has 0 bridgehead atoms. The summed E-state index contributed by atoms with van der Waals surface area (Å²) in [5, 5.41) is 4.22. The molecule has 0 unspecified atom stereocenters. The number of rotatable bonds is 13. The third kappa shape index (κ3) is 8.81. The van der Waals surface area contributed by atoms with Crippen LogP contribution in [0.4, 0.5) is 5.69 Å². The molecule has 1 heterocycles. The van der Waals surface area contributed by atoms with E-state index in [4.69, 9.17) is 21.1 Å². The molecule has 0 spiro atoms. The lowest BCUT2D eigenvalue weighted by atomic mass is 10.1. The van der Waals surface area contributed by atoms with Gasteiger partial charge in [0, 0.05) is 10.6 Å². The second-order valence-corrected chi connectivity index (χ2v) is 13.8. The zero-order chi connectivity index (χ0) is 32.5. The summed E-state index contributed by atoms with van der Waals surface area (Å²) >= 11 is 7.48. The first-order valence-electron chi connectivity index (χ1n) is 14.5. The first kappa shape index (κ1) is 32.9. The summed E-state index contributed by atoms with van der Waals surface area (Å²) < 4.78 is 37.3. The van der Waals surface area contributed by atoms with E-state index in [1.165, 1.54) is 12.1 Å². The highest BCUT2D eigenvalue weighted by Gasteiger charge is 2.16. The highest BCUT2D eigenvalue weighted by atomic mass is 35.5. The Kier molecular flexibility index (Phi) is 10.8. The van der Waals surface area contributed by atoms with Gasteiger partial charge in [-0.15, -0.1) is 11.3 Å². The molecule has 0 saturated carbocycles. The number of nitrogens with zero attached hydrogens (tertiary/aromatic N) is 1. The van der Waals surface area contributed by atoms with Gasteiger partial charge in [-0.2, -0.15) is 0 Å². The fourth-order valence-corrected chi connectivity index (χ4v) is 6.94. The van der Waals surface area contributed by atoms with Crippen LogP contribution in [0.3, 0.4) is 0 Å². The molecule has 1 N–H and O–H groups in total. The number of aryl methyl sites for hydroxylation is 1. The second kappa shape index (κ2) is 15.2. The zero-order valence-corrected chi connectivity index (χ0v) is 27.3. The van der Waals surface area contributed by atoms with E-state index in [1.54, 1.807) is 66.8 Å². The number of hydrogen-bond donors (Lipinski definition) is 1. The molecule has 5 aromatic rings. The fourth-order valence-electron chi connectivity index (χ4n) is 4.63. The molecule has 5 rings (SSSR count). The maximum Gasteiger partial charge on any atom is 0.344 e. The number of benzene rings is 4. The van der Waals surface area contributed by atoms with E-state index in [9.17, 15) is 18.0 Å². The van der Waals surface area contributed by atoms with Crippen molar-refractivity contribution in [2.45, 2.75) is 24.7 Å². The van der Waals surface area contributed by atoms with E-state index in [0.717, 1.165) is 26.4 Å². The first-order valence-corrected chi connectivity index (χ1v) is 17.4. The second-order valence-electron chi connectivity index (χ2n) is 10.2. The van der Waals surface area contributed by atoms with E-state index >= 15 is 0 Å². The number of carbonyl (C=O) groups is 2. The van der Waals surface area contributed by atoms with Crippen LogP contribution in [0, 0.1) is 0 Å². The fraction of sp³-hybridized carbons (Fsp3) is 0.171. The topological polar surface area (TPSA) is 112 Å². The molecule has 11 heteroatoms. The van der Waals surface area contributed by atoms with Crippen LogP contribution in [0.25, 0.3) is 22.4 Å². The monoisotopic (exact) mass is 674 g/mol. The number of anilines is 1. The van der Waals surface area contributed by atoms with Crippen LogP contribution in [-0.2, 0) is 25.8 Å². The number of aromatic nitrogens is 1. The Labute approximate surface area is 276 Å². The van der Waals surface area contributed by atoms with Crippen molar-refractivity contribution in [1.82, 2.24) is 4.98 Å². The summed E-state index contributed by atoms with van der Waals surface area (Å²) in [6, 6.07) is 26.3. The van der Waals surface area contributed by atoms with Gasteiger partial charge in [-0.05, 0) is 97.6 Å². The minimum Gasteiger partial charge on any atom is -0.480 e. The number of ether oxygens (including phenoxy) is 2. The largest absolute Gasteiger partial charge is 0.480 e. The quantitative estimate of drug-likeness (QED) is 0.127. The molecule has 0 aliphatic heterocycles. The smallest absolute Gasteiger partial charge is 0.344 e. The van der Waals surface area contributed by atoms with Crippen LogP contribution in [0.1, 0.15) is 39.8 Å². The third-order valence-electron chi connectivity index (χ3n) is 6.87. The van der Waals surface area contributed by atoms with Crippen molar-refractivity contribution < 1.29 is 27.5 Å². The molecule has 46 heavy (non-hydrogen) atoms. The lowest BCUT2D eigenvalue weighted by Crippen LogP contribution is -2.17. The number of carbonyl (C=O) groups excluding carboxylic acids is 2. The Hall–Kier alpha value is -4.51. The van der Waals surface area contributed by atoms with Crippen molar-refractivity contribution in [2.24, 2.45) is 0 Å². The number of sulfone groups is 1. The van der Waals surface area contributed by atoms with Gasteiger partial charge in [0.2, 0.25) is 0 Å². The number of hydrogen-bond acceptors (Lipinski definition) is 8. The molecule has 8 nitrogen and oxygen atoms in total. The molecule has 0 atom stereocenters. The standard InChI is InChI=1S/C35H31ClN2O6S2/c1-2-43-34(39)23-44-31-18-12-25(8-6-20-46(41,42)28-16-14-27(36)15-17-28)22-30(31)38-35(40)26-9-5-7-24(21-26)13-19-33-37-29-10-3-4-11-32(29)45-33/h3-5,7,9-19,21-22H,2,6,8,20,23H2,1H3,(H,38,40). The number of halogens is 1. The van der Waals surface area contributed by atoms with Crippen molar-refractivity contribution in [3.63, 3.8) is 0 Å². The van der Waals surface area contributed by atoms with Crippen LogP contribution in [0.15, 0.2) is 95.9 Å². The van der Waals surface area contributed by atoms with Crippen molar-refractivity contribution in [1.29, 1.82) is 0 Å². The van der Waals surface area contributed by atoms with E-state index in [2.05, 4.69) is 10.3 Å². The lowest BCUT2D eigenvalue weighted by molar-refractivity contribution is -0.145. The number of nitrogens with one attached hydrogen (secondary N) is 1. The number of esters is 1. The molecule has 0 saturated heterocycles. The Morgan fingerprint density at radius 2 is 1.76 bits per heavy atom. The predicted molar refractivity (Wildman–Crippen MR) is 183 cm³/mol. The summed E-state index contributed by atoms with van der Waals surface area (Å²) in [7, 11) is -3.49. The van der Waals surface area contributed by atoms with Crippen LogP contribution < -0.4 is 10.1 Å². The number of thiazole rings is 1. The van der Waals surface area contributed by atoms with E-state index in [-0.39, 0.29) is 35.5 Å². The Balaban J connectivity index is 1.30. The Bertz CT molecular complexity index is 1960. The third-order valence-corrected chi connectivity index (χ3v) is 9.94. The van der Waals surface area contributed by atoms with Crippen LogP contribution in [0.5, 0.6) is 5.75 Å². The summed E-state index contributed by atoms with van der Waals surface area (Å²) in [5.41, 5.74) is 3.32. The van der Waals surface area contributed by atoms with Crippen LogP contribution in [-0.4, -0.2) is 44.2 Å². The van der Waals surface area contributed by atoms with E-state index in [0.29, 0.717) is 29.1 Å². The highest BCUT2D eigenvalue weighted by Crippen LogP contribution is 2.28. The highest BCUT2D eigenvalue weighted by molar-refractivity contribution is 7.91. The van der Waals surface area contributed by atoms with Crippen LogP contribution in [0.2, 0.25) is 5.02 Å². The van der Waals surface area contributed by atoms with Crippen LogP contribution >= 0.6 is 22.9 Å². The zero-order valence-electron chi connectivity index (χ0n) is 24.9. The van der Waals surface area contributed by atoms with Gasteiger partial charge in [0.1, 0.15) is 10.8 Å². The maximum absolute atomic E-state index is 13.4. The molecule has 1 aromatic heterocycles. The van der Waals surface area contributed by atoms with Crippen molar-refractivity contribution in [3.8, 4) is 5.75 Å². The molecule has 236 valence electrons. The van der Waals surface area contributed by atoms with Crippen molar-refractivity contribution in [3.05, 3.63) is 118 Å². The normalized spacial score (nSPS) is 11.5. The Morgan fingerprint density at radius 1 is 0.957 bits per heavy atom. The molecule has 1 amide bonds. The van der Waals surface area contributed by atoms with Gasteiger partial charge in [-0.3, -0.25) is 4.79 Å². The van der Waals surface area contributed by atoms with Gasteiger partial charge in [-0.25, -0.2) is 18.2 Å². The summed E-state index contributed by atoms with van der Waals surface area (Å²) in [6.45, 7) is 1.59. The minimum absolute atomic E-state index is 0.0608. The molecule has 4 aromatic carbocycles. The lowest BCUT2D eigenvalue weighted by Gasteiger charge is -2.14. The van der Waals surface area contributed by atoms with Gasteiger partial charge in [-0.1, -0.05) is 48.0 Å². The van der Waals surface area contributed by atoms with Crippen molar-refractivity contribution >= 4 is 72.7 Å². The molecular formula is C35H31ClN2O6S2. The predicted octanol–water partition coefficient (Wildman–Crippen LogP) is 7.72. The molecular weight excluding hydrogens is 644 g/mol. The van der Waals surface area contributed by atoms with Gasteiger partial charge < -0.3 is 14.8 Å². The van der Waals surface area contributed by atoms with Gasteiger partial charge >= 0.3 is 5.97 Å². The summed E-state index contributed by atoms with van der Waals surface area (Å²) in [4.78, 5) is 30.2. The number of fused-ring (bicyclic) bond motifs is 1. The molecule has 0 aliphatic rings. The SMILES string of the molecule is CCOC(=O)COc1ccc(CCCS(=O)(=O)c2ccc(Cl)cc2)cc1NC(=O)c1cccc(C=Cc2nc3ccccc3s2)c1. The summed E-state index contributed by atoms with van der Waals surface area (Å²) in [5.74, 6) is -0.692. The molecule has 0 radical (unpaired) electrons. The van der Waals surface area contributed by atoms with Gasteiger partial charge in [0.05, 0.1) is 33.2 Å². The van der Waals surface area contributed by atoms with Gasteiger partial charge in [0.15, 0.2) is 16.4 Å². The number of amides is 1. The van der Waals surface area contributed by atoms with Crippen molar-refractivity contribution in [2.75, 3.05) is 24.3 Å². The maximum atomic E-state index is 13.4. The average Bonchev–Trinajstić information content (AvgIpc) is 3.47. The molecule has 0 fully saturated rings.